The summed E-state index contributed by atoms with van der Waals surface area (Å²) in [7, 11) is 3.15. The van der Waals surface area contributed by atoms with Crippen LogP contribution >= 0.6 is 23.1 Å². The number of rotatable bonds is 3. The Bertz CT molecular complexity index is 217. The quantitative estimate of drug-likeness (QED) is 0.688. The second-order valence-electron chi connectivity index (χ2n) is 1.80. The van der Waals surface area contributed by atoms with E-state index in [1.165, 1.54) is 11.5 Å². The van der Waals surface area contributed by atoms with E-state index in [2.05, 4.69) is 4.37 Å². The van der Waals surface area contributed by atoms with Crippen LogP contribution in [-0.2, 0) is 5.88 Å². The third-order valence-electron chi connectivity index (χ3n) is 1.23. The Hall–Kier alpha value is -0.480. The van der Waals surface area contributed by atoms with E-state index < -0.39 is 0 Å². The van der Waals surface area contributed by atoms with Crippen LogP contribution in [0.1, 0.15) is 5.56 Å². The first-order chi connectivity index (χ1) is 5.33. The van der Waals surface area contributed by atoms with Crippen molar-refractivity contribution in [1.82, 2.24) is 4.37 Å². The second kappa shape index (κ2) is 3.78. The highest BCUT2D eigenvalue weighted by atomic mass is 35.5. The van der Waals surface area contributed by atoms with Gasteiger partial charge in [-0.2, -0.15) is 4.37 Å². The van der Waals surface area contributed by atoms with Crippen LogP contribution in [0.4, 0.5) is 0 Å². The molecular weight excluding hydrogens is 186 g/mol. The van der Waals surface area contributed by atoms with Gasteiger partial charge in [0, 0.05) is 11.5 Å². The zero-order chi connectivity index (χ0) is 8.27. The molecule has 0 fully saturated rings. The minimum absolute atomic E-state index is 0.364. The Morgan fingerprint density at radius 1 is 1.45 bits per heavy atom. The number of hydrogen-bond acceptors (Lipinski definition) is 4. The molecule has 0 aliphatic heterocycles. The fourth-order valence-electron chi connectivity index (χ4n) is 0.713. The van der Waals surface area contributed by atoms with Crippen LogP contribution in [0.25, 0.3) is 0 Å². The minimum Gasteiger partial charge on any atom is -0.486 e. The molecule has 5 heteroatoms. The molecule has 0 bridgehead atoms. The highest BCUT2D eigenvalue weighted by molar-refractivity contribution is 7.08. The van der Waals surface area contributed by atoms with Gasteiger partial charge in [0.15, 0.2) is 0 Å². The molecule has 1 heterocycles. The molecule has 11 heavy (non-hydrogen) atoms. The molecule has 0 atom stereocenters. The van der Waals surface area contributed by atoms with E-state index in [9.17, 15) is 0 Å². The second-order valence-corrected chi connectivity index (χ2v) is 2.80. The molecule has 0 saturated heterocycles. The molecule has 0 aliphatic rings. The van der Waals surface area contributed by atoms with Crippen molar-refractivity contribution < 1.29 is 9.47 Å². The van der Waals surface area contributed by atoms with E-state index >= 15 is 0 Å². The van der Waals surface area contributed by atoms with Gasteiger partial charge in [-0.15, -0.1) is 11.6 Å². The molecular formula is C6H8ClNO2S. The highest BCUT2D eigenvalue weighted by Gasteiger charge is 2.12. The summed E-state index contributed by atoms with van der Waals surface area (Å²) in [6.07, 6.45) is 0. The third kappa shape index (κ3) is 1.57. The van der Waals surface area contributed by atoms with E-state index in [1.807, 2.05) is 0 Å². The first-order valence-corrected chi connectivity index (χ1v) is 4.26. The molecule has 0 unspecified atom stereocenters. The largest absolute Gasteiger partial charge is 0.486 e. The van der Waals surface area contributed by atoms with Crippen molar-refractivity contribution in [2.45, 2.75) is 5.88 Å². The lowest BCUT2D eigenvalue weighted by Crippen LogP contribution is -1.88. The zero-order valence-corrected chi connectivity index (χ0v) is 7.83. The van der Waals surface area contributed by atoms with Gasteiger partial charge in [-0.25, -0.2) is 0 Å². The van der Waals surface area contributed by atoms with Gasteiger partial charge in [-0.05, 0) is 0 Å². The topological polar surface area (TPSA) is 31.4 Å². The van der Waals surface area contributed by atoms with Gasteiger partial charge in [-0.3, -0.25) is 0 Å². The summed E-state index contributed by atoms with van der Waals surface area (Å²) in [5.74, 6) is 0.921. The van der Waals surface area contributed by atoms with Crippen LogP contribution in [0.5, 0.6) is 10.9 Å². The molecule has 1 aromatic rings. The first-order valence-electron chi connectivity index (χ1n) is 2.96. The van der Waals surface area contributed by atoms with Gasteiger partial charge < -0.3 is 9.47 Å². The average molecular weight is 194 g/mol. The van der Waals surface area contributed by atoms with Gasteiger partial charge >= 0.3 is 0 Å². The highest BCUT2D eigenvalue weighted by Crippen LogP contribution is 2.33. The summed E-state index contributed by atoms with van der Waals surface area (Å²) in [6, 6.07) is 0. The van der Waals surface area contributed by atoms with Gasteiger partial charge in [0.1, 0.15) is 0 Å². The smallest absolute Gasteiger partial charge is 0.233 e. The lowest BCUT2D eigenvalue weighted by atomic mass is 10.4. The van der Waals surface area contributed by atoms with Crippen LogP contribution in [0.2, 0.25) is 0 Å². The van der Waals surface area contributed by atoms with Crippen LogP contribution in [-0.4, -0.2) is 18.6 Å². The Morgan fingerprint density at radius 3 is 2.64 bits per heavy atom. The lowest BCUT2D eigenvalue weighted by molar-refractivity contribution is 0.390. The zero-order valence-electron chi connectivity index (χ0n) is 6.26. The average Bonchev–Trinajstić information content (AvgIpc) is 2.45. The van der Waals surface area contributed by atoms with Crippen LogP contribution in [0.3, 0.4) is 0 Å². The maximum atomic E-state index is 5.64. The number of nitrogens with zero attached hydrogens (tertiary/aromatic N) is 1. The fraction of sp³-hybridized carbons (Fsp3) is 0.500. The molecule has 0 amide bonds. The number of halogens is 1. The molecule has 0 aromatic carbocycles. The summed E-state index contributed by atoms with van der Waals surface area (Å²) in [6.45, 7) is 0. The van der Waals surface area contributed by atoms with E-state index in [0.717, 1.165) is 10.6 Å². The number of hydrogen-bond donors (Lipinski definition) is 0. The minimum atomic E-state index is 0.364. The van der Waals surface area contributed by atoms with Crippen LogP contribution < -0.4 is 9.47 Å². The first kappa shape index (κ1) is 8.62. The van der Waals surface area contributed by atoms with Crippen LogP contribution in [0.15, 0.2) is 0 Å². The van der Waals surface area contributed by atoms with Gasteiger partial charge in [-0.1, -0.05) is 0 Å². The molecule has 1 rings (SSSR count). The number of alkyl halides is 1. The number of aromatic nitrogens is 1. The standard InChI is InChI=1S/C6H8ClNO2S/c1-9-5-4(3-7)6(10-2)11-8-5/h3H2,1-2H3. The molecule has 62 valence electrons. The summed E-state index contributed by atoms with van der Waals surface area (Å²) in [5, 5.41) is 0.719. The Balaban J connectivity index is 2.99. The third-order valence-corrected chi connectivity index (χ3v) is 2.33. The van der Waals surface area contributed by atoms with Gasteiger partial charge in [0.2, 0.25) is 10.9 Å². The Morgan fingerprint density at radius 2 is 2.18 bits per heavy atom. The van der Waals surface area contributed by atoms with Gasteiger partial charge in [0.25, 0.3) is 0 Å². The summed E-state index contributed by atoms with van der Waals surface area (Å²) in [5.41, 5.74) is 0.821. The van der Waals surface area contributed by atoms with Crippen molar-refractivity contribution in [2.24, 2.45) is 0 Å². The SMILES string of the molecule is COc1nsc(OC)c1CCl. The summed E-state index contributed by atoms with van der Waals surface area (Å²) in [4.78, 5) is 0. The normalized spacial score (nSPS) is 9.73. The monoisotopic (exact) mass is 193 g/mol. The van der Waals surface area contributed by atoms with Gasteiger partial charge in [0.05, 0.1) is 25.7 Å². The molecule has 1 aromatic heterocycles. The number of ether oxygens (including phenoxy) is 2. The Kier molecular flexibility index (Phi) is 2.96. The maximum absolute atomic E-state index is 5.64. The number of methoxy groups -OCH3 is 2. The molecule has 0 N–H and O–H groups in total. The van der Waals surface area contributed by atoms with Crippen molar-refractivity contribution >= 4 is 23.1 Å². The Labute approximate surface area is 74.1 Å². The lowest BCUT2D eigenvalue weighted by Gasteiger charge is -1.98. The van der Waals surface area contributed by atoms with E-state index in [0.29, 0.717) is 11.8 Å². The maximum Gasteiger partial charge on any atom is 0.233 e. The predicted octanol–water partition coefficient (Wildman–Crippen LogP) is 1.90. The van der Waals surface area contributed by atoms with Crippen molar-refractivity contribution in [3.05, 3.63) is 5.56 Å². The van der Waals surface area contributed by atoms with Crippen molar-refractivity contribution in [3.8, 4) is 10.9 Å². The molecule has 0 aliphatic carbocycles. The summed E-state index contributed by atoms with van der Waals surface area (Å²) >= 11 is 6.89. The predicted molar refractivity (Wildman–Crippen MR) is 44.8 cm³/mol. The summed E-state index contributed by atoms with van der Waals surface area (Å²) < 4.78 is 14.0. The molecule has 0 spiro atoms. The van der Waals surface area contributed by atoms with E-state index in [1.54, 1.807) is 14.2 Å². The van der Waals surface area contributed by atoms with Crippen LogP contribution in [0, 0.1) is 0 Å². The fourth-order valence-corrected chi connectivity index (χ4v) is 1.72. The van der Waals surface area contributed by atoms with Crippen molar-refractivity contribution in [1.29, 1.82) is 0 Å². The van der Waals surface area contributed by atoms with Crippen molar-refractivity contribution in [3.63, 3.8) is 0 Å². The molecule has 0 radical (unpaired) electrons. The molecule has 3 nitrogen and oxygen atoms in total. The molecule has 0 saturated carbocycles. The van der Waals surface area contributed by atoms with Crippen molar-refractivity contribution in [2.75, 3.05) is 14.2 Å². The van der Waals surface area contributed by atoms with E-state index in [4.69, 9.17) is 21.1 Å². The van der Waals surface area contributed by atoms with E-state index in [-0.39, 0.29) is 0 Å².